The van der Waals surface area contributed by atoms with Crippen LogP contribution < -0.4 is 0 Å². The van der Waals surface area contributed by atoms with Crippen molar-refractivity contribution in [2.45, 2.75) is 13.8 Å². The highest BCUT2D eigenvalue weighted by Crippen LogP contribution is 2.29. The predicted molar refractivity (Wildman–Crippen MR) is 119 cm³/mol. The summed E-state index contributed by atoms with van der Waals surface area (Å²) in [5.41, 5.74) is 8.53. The lowest BCUT2D eigenvalue weighted by Gasteiger charge is -2.05. The van der Waals surface area contributed by atoms with E-state index < -0.39 is 0 Å². The summed E-state index contributed by atoms with van der Waals surface area (Å²) < 4.78 is 0. The molecule has 0 saturated carbocycles. The number of nitrogens with zero attached hydrogens (tertiary/aromatic N) is 2. The second-order valence-corrected chi connectivity index (χ2v) is 7.67. The summed E-state index contributed by atoms with van der Waals surface area (Å²) in [6, 6.07) is 20.2. The van der Waals surface area contributed by atoms with Crippen molar-refractivity contribution in [1.29, 1.82) is 0 Å². The second-order valence-electron chi connectivity index (χ2n) is 7.24. The highest BCUT2D eigenvalue weighted by molar-refractivity contribution is 6.30. The van der Waals surface area contributed by atoms with Crippen molar-refractivity contribution < 1.29 is 0 Å². The molecule has 0 fully saturated rings. The van der Waals surface area contributed by atoms with E-state index in [4.69, 9.17) is 16.6 Å². The van der Waals surface area contributed by atoms with Gasteiger partial charge in [-0.25, -0.2) is 9.97 Å². The van der Waals surface area contributed by atoms with E-state index in [9.17, 15) is 0 Å². The van der Waals surface area contributed by atoms with Gasteiger partial charge in [0, 0.05) is 16.1 Å². The third-order valence-electron chi connectivity index (χ3n) is 5.20. The van der Waals surface area contributed by atoms with E-state index in [-0.39, 0.29) is 0 Å². The third kappa shape index (κ3) is 3.22. The molecule has 0 unspecified atom stereocenters. The minimum absolute atomic E-state index is 0.720. The standard InChI is InChI=1S/C24H19ClN4/c1-14-4-3-5-15(2)22(14)24-27-19-11-8-17(12-20(19)28-24)23-26-13-21(29-23)16-6-9-18(25)10-7-16/h3-13H,1-2H3,(H,26,29)(H,27,28). The molecule has 0 aliphatic heterocycles. The van der Waals surface area contributed by atoms with Crippen molar-refractivity contribution in [2.75, 3.05) is 0 Å². The number of aromatic amines is 2. The van der Waals surface area contributed by atoms with Gasteiger partial charge < -0.3 is 9.97 Å². The van der Waals surface area contributed by atoms with Gasteiger partial charge in [0.25, 0.3) is 0 Å². The maximum atomic E-state index is 5.99. The first-order valence-corrected chi connectivity index (χ1v) is 9.84. The number of rotatable bonds is 3. The van der Waals surface area contributed by atoms with Gasteiger partial charge in [0.05, 0.1) is 22.9 Å². The third-order valence-corrected chi connectivity index (χ3v) is 5.46. The normalized spacial score (nSPS) is 11.3. The summed E-state index contributed by atoms with van der Waals surface area (Å²) in [6.45, 7) is 4.23. The van der Waals surface area contributed by atoms with E-state index in [1.165, 1.54) is 11.1 Å². The largest absolute Gasteiger partial charge is 0.338 e. The van der Waals surface area contributed by atoms with Crippen molar-refractivity contribution in [2.24, 2.45) is 0 Å². The van der Waals surface area contributed by atoms with Crippen LogP contribution in [0.2, 0.25) is 5.02 Å². The number of hydrogen-bond donors (Lipinski definition) is 2. The Labute approximate surface area is 173 Å². The molecule has 0 spiro atoms. The number of benzene rings is 3. The minimum Gasteiger partial charge on any atom is -0.338 e. The Kier molecular flexibility index (Phi) is 4.22. The van der Waals surface area contributed by atoms with E-state index in [0.717, 1.165) is 50.1 Å². The molecule has 0 saturated heterocycles. The van der Waals surface area contributed by atoms with Crippen LogP contribution in [0.25, 0.3) is 45.1 Å². The molecular formula is C24H19ClN4. The van der Waals surface area contributed by atoms with Crippen LogP contribution in [0.5, 0.6) is 0 Å². The van der Waals surface area contributed by atoms with Crippen LogP contribution in [0.4, 0.5) is 0 Å². The summed E-state index contributed by atoms with van der Waals surface area (Å²) in [7, 11) is 0. The summed E-state index contributed by atoms with van der Waals surface area (Å²) in [5, 5.41) is 0.720. The molecule has 29 heavy (non-hydrogen) atoms. The van der Waals surface area contributed by atoms with E-state index in [0.29, 0.717) is 0 Å². The molecule has 5 aromatic rings. The number of halogens is 1. The Hall–Kier alpha value is -3.37. The van der Waals surface area contributed by atoms with Gasteiger partial charge in [-0.3, -0.25) is 0 Å². The maximum absolute atomic E-state index is 5.99. The van der Waals surface area contributed by atoms with Crippen LogP contribution in [-0.4, -0.2) is 19.9 Å². The van der Waals surface area contributed by atoms with E-state index >= 15 is 0 Å². The van der Waals surface area contributed by atoms with Crippen molar-refractivity contribution in [3.63, 3.8) is 0 Å². The molecule has 5 heteroatoms. The Morgan fingerprint density at radius 3 is 2.28 bits per heavy atom. The smallest absolute Gasteiger partial charge is 0.139 e. The van der Waals surface area contributed by atoms with Gasteiger partial charge in [0.2, 0.25) is 0 Å². The average molecular weight is 399 g/mol. The number of hydrogen-bond acceptors (Lipinski definition) is 2. The molecule has 2 aromatic heterocycles. The molecule has 0 aliphatic carbocycles. The first kappa shape index (κ1) is 17.7. The molecule has 0 aliphatic rings. The molecule has 0 atom stereocenters. The fourth-order valence-electron chi connectivity index (χ4n) is 3.71. The molecule has 0 bridgehead atoms. The van der Waals surface area contributed by atoms with E-state index in [2.05, 4.69) is 53.1 Å². The molecular weight excluding hydrogens is 380 g/mol. The molecule has 0 amide bonds. The summed E-state index contributed by atoms with van der Waals surface area (Å²) >= 11 is 5.99. The molecule has 4 nitrogen and oxygen atoms in total. The highest BCUT2D eigenvalue weighted by atomic mass is 35.5. The zero-order valence-electron chi connectivity index (χ0n) is 16.1. The van der Waals surface area contributed by atoms with Gasteiger partial charge in [0.15, 0.2) is 0 Å². The molecule has 0 radical (unpaired) electrons. The fourth-order valence-corrected chi connectivity index (χ4v) is 3.83. The van der Waals surface area contributed by atoms with Gasteiger partial charge in [-0.15, -0.1) is 0 Å². The molecule has 3 aromatic carbocycles. The number of nitrogens with one attached hydrogen (secondary N) is 2. The van der Waals surface area contributed by atoms with Crippen molar-refractivity contribution in [3.8, 4) is 34.0 Å². The van der Waals surface area contributed by atoms with Crippen LogP contribution in [0.15, 0.2) is 66.9 Å². The monoisotopic (exact) mass is 398 g/mol. The Balaban J connectivity index is 1.53. The lowest BCUT2D eigenvalue weighted by Crippen LogP contribution is -1.89. The Bertz CT molecular complexity index is 1310. The van der Waals surface area contributed by atoms with Gasteiger partial charge in [-0.1, -0.05) is 41.9 Å². The van der Waals surface area contributed by atoms with Crippen molar-refractivity contribution >= 4 is 22.6 Å². The van der Waals surface area contributed by atoms with Crippen LogP contribution in [0, 0.1) is 13.8 Å². The van der Waals surface area contributed by atoms with Crippen LogP contribution in [-0.2, 0) is 0 Å². The Morgan fingerprint density at radius 1 is 0.793 bits per heavy atom. The Morgan fingerprint density at radius 2 is 1.52 bits per heavy atom. The van der Waals surface area contributed by atoms with Crippen molar-refractivity contribution in [3.05, 3.63) is 83.0 Å². The number of fused-ring (bicyclic) bond motifs is 1. The quantitative estimate of drug-likeness (QED) is 0.361. The van der Waals surface area contributed by atoms with Crippen LogP contribution in [0.1, 0.15) is 11.1 Å². The number of aryl methyl sites for hydroxylation is 2. The zero-order valence-corrected chi connectivity index (χ0v) is 16.9. The summed E-state index contributed by atoms with van der Waals surface area (Å²) in [6.07, 6.45) is 1.85. The first-order valence-electron chi connectivity index (χ1n) is 9.46. The predicted octanol–water partition coefficient (Wildman–Crippen LogP) is 6.56. The van der Waals surface area contributed by atoms with Crippen molar-refractivity contribution in [1.82, 2.24) is 19.9 Å². The molecule has 142 valence electrons. The highest BCUT2D eigenvalue weighted by Gasteiger charge is 2.12. The minimum atomic E-state index is 0.720. The lowest BCUT2D eigenvalue weighted by atomic mass is 10.0. The maximum Gasteiger partial charge on any atom is 0.139 e. The molecule has 2 heterocycles. The summed E-state index contributed by atoms with van der Waals surface area (Å²) in [5.74, 6) is 1.72. The average Bonchev–Trinajstić information content (AvgIpc) is 3.35. The number of H-pyrrole nitrogens is 2. The summed E-state index contributed by atoms with van der Waals surface area (Å²) in [4.78, 5) is 16.2. The molecule has 5 rings (SSSR count). The zero-order chi connectivity index (χ0) is 20.0. The number of imidazole rings is 2. The van der Waals surface area contributed by atoms with Gasteiger partial charge >= 0.3 is 0 Å². The first-order chi connectivity index (χ1) is 14.1. The van der Waals surface area contributed by atoms with E-state index in [1.54, 1.807) is 0 Å². The van der Waals surface area contributed by atoms with E-state index in [1.807, 2.05) is 42.6 Å². The lowest BCUT2D eigenvalue weighted by molar-refractivity contribution is 1.27. The van der Waals surface area contributed by atoms with Crippen LogP contribution in [0.3, 0.4) is 0 Å². The topological polar surface area (TPSA) is 57.4 Å². The van der Waals surface area contributed by atoms with Gasteiger partial charge in [-0.05, 0) is 60.9 Å². The SMILES string of the molecule is Cc1cccc(C)c1-c1nc2ccc(-c3ncc(-c4ccc(Cl)cc4)[nH]3)cc2[nH]1. The molecule has 2 N–H and O–H groups in total. The second kappa shape index (κ2) is 6.90. The van der Waals surface area contributed by atoms with Gasteiger partial charge in [0.1, 0.15) is 11.6 Å². The van der Waals surface area contributed by atoms with Gasteiger partial charge in [-0.2, -0.15) is 0 Å². The number of aromatic nitrogens is 4. The van der Waals surface area contributed by atoms with Crippen LogP contribution >= 0.6 is 11.6 Å². The fraction of sp³-hybridized carbons (Fsp3) is 0.0833.